The van der Waals surface area contributed by atoms with E-state index in [9.17, 15) is 19.1 Å². The molecule has 6 heteroatoms. The molecule has 5 nitrogen and oxygen atoms in total. The third-order valence-electron chi connectivity index (χ3n) is 4.42. The number of hydrogen-bond donors (Lipinski definition) is 1. The number of rotatable bonds is 4. The van der Waals surface area contributed by atoms with Crippen LogP contribution in [-0.2, 0) is 4.79 Å². The molecule has 2 aromatic carbocycles. The second kappa shape index (κ2) is 6.93. The standard InChI is InChI=1S/C19H18FNO4/c1-25-14-7-4-12(5-8-14)13-6-9-15(16(20)11-13)18(22)21-10-2-3-17(21)19(23)24/h4-9,11,17H,2-3,10H2,1H3,(H,23,24). The van der Waals surface area contributed by atoms with Gasteiger partial charge in [0.25, 0.3) is 5.91 Å². The maximum atomic E-state index is 14.5. The lowest BCUT2D eigenvalue weighted by Crippen LogP contribution is -2.40. The Bertz CT molecular complexity index is 804. The van der Waals surface area contributed by atoms with E-state index in [4.69, 9.17) is 4.74 Å². The van der Waals surface area contributed by atoms with E-state index < -0.39 is 23.7 Å². The van der Waals surface area contributed by atoms with E-state index in [2.05, 4.69) is 0 Å². The minimum absolute atomic E-state index is 0.106. The fraction of sp³-hybridized carbons (Fsp3) is 0.263. The first kappa shape index (κ1) is 17.0. The lowest BCUT2D eigenvalue weighted by atomic mass is 10.0. The normalized spacial score (nSPS) is 16.7. The summed E-state index contributed by atoms with van der Waals surface area (Å²) in [5.74, 6) is -1.59. The highest BCUT2D eigenvalue weighted by molar-refractivity contribution is 5.97. The third kappa shape index (κ3) is 3.33. The number of likely N-dealkylation sites (tertiary alicyclic amines) is 1. The Morgan fingerprint density at radius 3 is 2.44 bits per heavy atom. The van der Waals surface area contributed by atoms with Crippen molar-refractivity contribution in [3.05, 3.63) is 53.8 Å². The van der Waals surface area contributed by atoms with E-state index >= 15 is 0 Å². The Morgan fingerprint density at radius 1 is 1.16 bits per heavy atom. The van der Waals surface area contributed by atoms with Gasteiger partial charge in [0.05, 0.1) is 12.7 Å². The van der Waals surface area contributed by atoms with Gasteiger partial charge in [-0.1, -0.05) is 18.2 Å². The zero-order chi connectivity index (χ0) is 18.0. The van der Waals surface area contributed by atoms with E-state index in [0.717, 1.165) is 5.56 Å². The smallest absolute Gasteiger partial charge is 0.326 e. The predicted molar refractivity (Wildman–Crippen MR) is 90.1 cm³/mol. The Hall–Kier alpha value is -2.89. The topological polar surface area (TPSA) is 66.8 Å². The zero-order valence-corrected chi connectivity index (χ0v) is 13.7. The quantitative estimate of drug-likeness (QED) is 0.926. The minimum Gasteiger partial charge on any atom is -0.497 e. The molecule has 0 saturated carbocycles. The van der Waals surface area contributed by atoms with Crippen LogP contribution in [0.4, 0.5) is 4.39 Å². The Balaban J connectivity index is 1.86. The van der Waals surface area contributed by atoms with Crippen molar-refractivity contribution < 1.29 is 23.8 Å². The molecule has 0 aliphatic carbocycles. The summed E-state index contributed by atoms with van der Waals surface area (Å²) in [5.41, 5.74) is 1.32. The number of ether oxygens (including phenoxy) is 1. The highest BCUT2D eigenvalue weighted by atomic mass is 19.1. The maximum absolute atomic E-state index is 14.5. The molecule has 1 atom stereocenters. The minimum atomic E-state index is -1.05. The highest BCUT2D eigenvalue weighted by Gasteiger charge is 2.35. The van der Waals surface area contributed by atoms with Gasteiger partial charge in [-0.15, -0.1) is 0 Å². The summed E-state index contributed by atoms with van der Waals surface area (Å²) in [6, 6.07) is 10.6. The first-order valence-corrected chi connectivity index (χ1v) is 7.99. The molecule has 0 radical (unpaired) electrons. The van der Waals surface area contributed by atoms with Crippen LogP contribution in [0.5, 0.6) is 5.75 Å². The number of aliphatic carboxylic acids is 1. The van der Waals surface area contributed by atoms with E-state index in [-0.39, 0.29) is 5.56 Å². The van der Waals surface area contributed by atoms with Crippen molar-refractivity contribution in [3.8, 4) is 16.9 Å². The van der Waals surface area contributed by atoms with Crippen LogP contribution in [-0.4, -0.2) is 41.6 Å². The number of carboxylic acids is 1. The van der Waals surface area contributed by atoms with Crippen LogP contribution in [0, 0.1) is 5.82 Å². The molecule has 1 N–H and O–H groups in total. The van der Waals surface area contributed by atoms with Gasteiger partial charge >= 0.3 is 5.97 Å². The molecule has 130 valence electrons. The number of benzene rings is 2. The van der Waals surface area contributed by atoms with Gasteiger partial charge < -0.3 is 14.7 Å². The molecule has 0 bridgehead atoms. The van der Waals surface area contributed by atoms with Crippen LogP contribution in [0.15, 0.2) is 42.5 Å². The number of methoxy groups -OCH3 is 1. The van der Waals surface area contributed by atoms with E-state index in [1.165, 1.54) is 17.0 Å². The molecule has 1 fully saturated rings. The number of carbonyl (C=O) groups is 2. The van der Waals surface area contributed by atoms with Gasteiger partial charge in [-0.2, -0.15) is 0 Å². The molecule has 1 heterocycles. The number of amides is 1. The molecular formula is C19H18FNO4. The van der Waals surface area contributed by atoms with Crippen molar-refractivity contribution in [1.82, 2.24) is 4.90 Å². The van der Waals surface area contributed by atoms with Gasteiger partial charge in [0, 0.05) is 6.54 Å². The molecule has 0 spiro atoms. The summed E-state index contributed by atoms with van der Waals surface area (Å²) in [7, 11) is 1.57. The summed E-state index contributed by atoms with van der Waals surface area (Å²) >= 11 is 0. The lowest BCUT2D eigenvalue weighted by Gasteiger charge is -2.21. The number of hydrogen-bond acceptors (Lipinski definition) is 3. The van der Waals surface area contributed by atoms with E-state index in [1.54, 1.807) is 37.4 Å². The van der Waals surface area contributed by atoms with E-state index in [1.807, 2.05) is 0 Å². The molecule has 1 aliphatic rings. The van der Waals surface area contributed by atoms with Crippen LogP contribution in [0.25, 0.3) is 11.1 Å². The number of halogens is 1. The van der Waals surface area contributed by atoms with Crippen LogP contribution >= 0.6 is 0 Å². The molecule has 0 aromatic heterocycles. The van der Waals surface area contributed by atoms with Gasteiger partial charge in [0.1, 0.15) is 17.6 Å². The van der Waals surface area contributed by atoms with Gasteiger partial charge in [0.2, 0.25) is 0 Å². The molecule has 1 aliphatic heterocycles. The molecule has 1 amide bonds. The molecule has 2 aromatic rings. The fourth-order valence-corrected chi connectivity index (χ4v) is 3.07. The summed E-state index contributed by atoms with van der Waals surface area (Å²) in [4.78, 5) is 25.0. The first-order valence-electron chi connectivity index (χ1n) is 7.99. The number of carboxylic acid groups (broad SMARTS) is 1. The number of nitrogens with zero attached hydrogens (tertiary/aromatic N) is 1. The lowest BCUT2D eigenvalue weighted by molar-refractivity contribution is -0.141. The SMILES string of the molecule is COc1ccc(-c2ccc(C(=O)N3CCCC3C(=O)O)c(F)c2)cc1. The fourth-order valence-electron chi connectivity index (χ4n) is 3.07. The Labute approximate surface area is 144 Å². The molecule has 3 rings (SSSR count). The van der Waals surface area contributed by atoms with Gasteiger partial charge in [-0.3, -0.25) is 4.79 Å². The average Bonchev–Trinajstić information content (AvgIpc) is 3.11. The summed E-state index contributed by atoms with van der Waals surface area (Å²) in [5, 5.41) is 9.19. The van der Waals surface area contributed by atoms with Gasteiger partial charge in [0.15, 0.2) is 0 Å². The van der Waals surface area contributed by atoms with Gasteiger partial charge in [-0.25, -0.2) is 9.18 Å². The van der Waals surface area contributed by atoms with Crippen molar-refractivity contribution in [2.45, 2.75) is 18.9 Å². The van der Waals surface area contributed by atoms with Gasteiger partial charge in [-0.05, 0) is 48.2 Å². The molecule has 1 unspecified atom stereocenters. The maximum Gasteiger partial charge on any atom is 0.326 e. The molecule has 25 heavy (non-hydrogen) atoms. The van der Waals surface area contributed by atoms with Crippen LogP contribution in [0.3, 0.4) is 0 Å². The van der Waals surface area contributed by atoms with Crippen molar-refractivity contribution in [3.63, 3.8) is 0 Å². The molecule has 1 saturated heterocycles. The van der Waals surface area contributed by atoms with Crippen molar-refractivity contribution >= 4 is 11.9 Å². The Morgan fingerprint density at radius 2 is 1.84 bits per heavy atom. The summed E-state index contributed by atoms with van der Waals surface area (Å²) in [6.45, 7) is 0.329. The second-order valence-corrected chi connectivity index (χ2v) is 5.92. The van der Waals surface area contributed by atoms with Crippen LogP contribution in [0.2, 0.25) is 0 Å². The summed E-state index contributed by atoms with van der Waals surface area (Å²) in [6.07, 6.45) is 1.00. The third-order valence-corrected chi connectivity index (χ3v) is 4.42. The predicted octanol–water partition coefficient (Wildman–Crippen LogP) is 3.19. The van der Waals surface area contributed by atoms with Crippen LogP contribution in [0.1, 0.15) is 23.2 Å². The molecular weight excluding hydrogens is 325 g/mol. The average molecular weight is 343 g/mol. The van der Waals surface area contributed by atoms with Crippen molar-refractivity contribution in [2.24, 2.45) is 0 Å². The summed E-state index contributed by atoms with van der Waals surface area (Å²) < 4.78 is 19.6. The van der Waals surface area contributed by atoms with Crippen molar-refractivity contribution in [1.29, 1.82) is 0 Å². The zero-order valence-electron chi connectivity index (χ0n) is 13.7. The highest BCUT2D eigenvalue weighted by Crippen LogP contribution is 2.26. The first-order chi connectivity index (χ1) is 12.0. The Kier molecular flexibility index (Phi) is 4.70. The number of carbonyl (C=O) groups excluding carboxylic acids is 1. The largest absolute Gasteiger partial charge is 0.497 e. The van der Waals surface area contributed by atoms with Crippen LogP contribution < -0.4 is 4.74 Å². The second-order valence-electron chi connectivity index (χ2n) is 5.92. The van der Waals surface area contributed by atoms with Crippen molar-refractivity contribution in [2.75, 3.05) is 13.7 Å². The monoisotopic (exact) mass is 343 g/mol. The van der Waals surface area contributed by atoms with E-state index in [0.29, 0.717) is 30.7 Å².